The molecule has 120 valence electrons. The molecule has 0 spiro atoms. The summed E-state index contributed by atoms with van der Waals surface area (Å²) in [5, 5.41) is 0. The van der Waals surface area contributed by atoms with Gasteiger partial charge in [0.2, 0.25) is 0 Å². The lowest BCUT2D eigenvalue weighted by Gasteiger charge is -2.43. The van der Waals surface area contributed by atoms with E-state index in [0.717, 1.165) is 6.42 Å². The molecule has 1 aliphatic rings. The highest BCUT2D eigenvalue weighted by Crippen LogP contribution is 2.22. The molecule has 0 radical (unpaired) electrons. The van der Waals surface area contributed by atoms with Gasteiger partial charge in [0.1, 0.15) is 12.2 Å². The van der Waals surface area contributed by atoms with E-state index in [9.17, 15) is 9.59 Å². The van der Waals surface area contributed by atoms with Gasteiger partial charge in [0.25, 0.3) is 0 Å². The molecule has 2 amide bonds. The van der Waals surface area contributed by atoms with Gasteiger partial charge in [-0.3, -0.25) is 0 Å². The maximum atomic E-state index is 12.0. The van der Waals surface area contributed by atoms with Crippen LogP contribution in [0.5, 0.6) is 0 Å². The minimum absolute atomic E-state index is 0.00363. The number of likely N-dealkylation sites (tertiary alicyclic amines) is 1. The summed E-state index contributed by atoms with van der Waals surface area (Å²) in [5.74, 6) is 0. The van der Waals surface area contributed by atoms with E-state index in [1.165, 1.54) is 6.08 Å². The zero-order valence-electron chi connectivity index (χ0n) is 13.4. The van der Waals surface area contributed by atoms with Gasteiger partial charge in [-0.2, -0.15) is 0 Å². The Labute approximate surface area is 126 Å². The molecule has 0 saturated carbocycles. The molecule has 6 nitrogen and oxygen atoms in total. The van der Waals surface area contributed by atoms with Crippen LogP contribution in [0.2, 0.25) is 0 Å². The maximum Gasteiger partial charge on any atom is 0.410 e. The highest BCUT2D eigenvalue weighted by molar-refractivity contribution is 5.70. The van der Waals surface area contributed by atoms with Crippen LogP contribution in [0.15, 0.2) is 12.7 Å². The molecular formula is C15H26N2O4. The lowest BCUT2D eigenvalue weighted by atomic mass is 10.0. The van der Waals surface area contributed by atoms with Crippen LogP contribution < -0.4 is 0 Å². The van der Waals surface area contributed by atoms with Gasteiger partial charge in [-0.05, 0) is 34.1 Å². The second-order valence-corrected chi connectivity index (χ2v) is 6.02. The largest absolute Gasteiger partial charge is 0.445 e. The minimum Gasteiger partial charge on any atom is -0.445 e. The molecule has 0 bridgehead atoms. The second-order valence-electron chi connectivity index (χ2n) is 6.02. The van der Waals surface area contributed by atoms with Crippen LogP contribution >= 0.6 is 0 Å². The highest BCUT2D eigenvalue weighted by Gasteiger charge is 2.36. The lowest BCUT2D eigenvalue weighted by molar-refractivity contribution is -0.0118. The Morgan fingerprint density at radius 2 is 2.10 bits per heavy atom. The molecule has 0 aromatic rings. The number of carbonyl (C=O) groups is 2. The van der Waals surface area contributed by atoms with Crippen LogP contribution in [0, 0.1) is 0 Å². The summed E-state index contributed by atoms with van der Waals surface area (Å²) < 4.78 is 10.4. The second kappa shape index (κ2) is 7.33. The Morgan fingerprint density at radius 1 is 1.43 bits per heavy atom. The van der Waals surface area contributed by atoms with Gasteiger partial charge in [0.15, 0.2) is 0 Å². The van der Waals surface area contributed by atoms with Gasteiger partial charge in [0.05, 0.1) is 6.04 Å². The molecule has 1 unspecified atom stereocenters. The molecule has 1 rings (SSSR count). The van der Waals surface area contributed by atoms with Gasteiger partial charge >= 0.3 is 12.2 Å². The van der Waals surface area contributed by atoms with Crippen molar-refractivity contribution in [2.75, 3.05) is 26.2 Å². The predicted molar refractivity (Wildman–Crippen MR) is 80.1 cm³/mol. The van der Waals surface area contributed by atoms with E-state index in [4.69, 9.17) is 9.47 Å². The number of ether oxygens (including phenoxy) is 2. The van der Waals surface area contributed by atoms with E-state index < -0.39 is 5.60 Å². The molecule has 0 N–H and O–H groups in total. The summed E-state index contributed by atoms with van der Waals surface area (Å²) in [7, 11) is 0. The van der Waals surface area contributed by atoms with E-state index >= 15 is 0 Å². The molecule has 1 aliphatic heterocycles. The lowest BCUT2D eigenvalue weighted by Crippen LogP contribution is -2.57. The van der Waals surface area contributed by atoms with Gasteiger partial charge in [-0.15, -0.1) is 0 Å². The van der Waals surface area contributed by atoms with Crippen molar-refractivity contribution in [3.05, 3.63) is 12.7 Å². The number of hydrogen-bond donors (Lipinski definition) is 0. The smallest absolute Gasteiger partial charge is 0.410 e. The molecule has 1 heterocycles. The maximum absolute atomic E-state index is 12.0. The molecule has 0 aromatic heterocycles. The van der Waals surface area contributed by atoms with Crippen molar-refractivity contribution < 1.29 is 19.1 Å². The van der Waals surface area contributed by atoms with Crippen molar-refractivity contribution in [3.63, 3.8) is 0 Å². The van der Waals surface area contributed by atoms with Crippen LogP contribution in [0.25, 0.3) is 0 Å². The number of carbonyl (C=O) groups excluding carboxylic acids is 2. The third-order valence-electron chi connectivity index (χ3n) is 3.17. The summed E-state index contributed by atoms with van der Waals surface area (Å²) in [6, 6.07) is -0.00363. The monoisotopic (exact) mass is 298 g/mol. The Morgan fingerprint density at radius 3 is 2.52 bits per heavy atom. The molecular weight excluding hydrogens is 272 g/mol. The van der Waals surface area contributed by atoms with E-state index in [-0.39, 0.29) is 24.8 Å². The Kier molecular flexibility index (Phi) is 6.05. The molecule has 1 saturated heterocycles. The SMILES string of the molecule is C=CCOC(=O)N(CC)CC1CCN1C(=O)OC(C)(C)C. The number of likely N-dealkylation sites (N-methyl/N-ethyl adjacent to an activating group) is 1. The summed E-state index contributed by atoms with van der Waals surface area (Å²) >= 11 is 0. The fraction of sp³-hybridized carbons (Fsp3) is 0.733. The molecule has 21 heavy (non-hydrogen) atoms. The molecule has 1 atom stereocenters. The standard InChI is InChI=1S/C15H26N2O4/c1-6-10-20-13(18)16(7-2)11-12-8-9-17(12)14(19)21-15(3,4)5/h6,12H,1,7-11H2,2-5H3. The third-order valence-corrected chi connectivity index (χ3v) is 3.17. The normalized spacial score (nSPS) is 17.7. The predicted octanol–water partition coefficient (Wildman–Crippen LogP) is 2.64. The molecule has 0 aliphatic carbocycles. The van der Waals surface area contributed by atoms with Crippen molar-refractivity contribution in [1.82, 2.24) is 9.80 Å². The van der Waals surface area contributed by atoms with Gasteiger partial charge in [-0.25, -0.2) is 9.59 Å². The number of amides is 2. The van der Waals surface area contributed by atoms with E-state index in [1.807, 2.05) is 27.7 Å². The molecule has 6 heteroatoms. The highest BCUT2D eigenvalue weighted by atomic mass is 16.6. The van der Waals surface area contributed by atoms with Crippen molar-refractivity contribution >= 4 is 12.2 Å². The number of hydrogen-bond acceptors (Lipinski definition) is 4. The first-order valence-electron chi connectivity index (χ1n) is 7.30. The average Bonchev–Trinajstić information content (AvgIpc) is 2.33. The van der Waals surface area contributed by atoms with E-state index in [1.54, 1.807) is 9.80 Å². The quantitative estimate of drug-likeness (QED) is 0.732. The number of nitrogens with zero attached hydrogens (tertiary/aromatic N) is 2. The summed E-state index contributed by atoms with van der Waals surface area (Å²) in [6.45, 7) is 12.8. The Hall–Kier alpha value is -1.72. The molecule has 1 fully saturated rings. The van der Waals surface area contributed by atoms with Crippen molar-refractivity contribution in [3.8, 4) is 0 Å². The zero-order chi connectivity index (χ0) is 16.0. The molecule has 0 aromatic carbocycles. The van der Waals surface area contributed by atoms with E-state index in [0.29, 0.717) is 19.6 Å². The fourth-order valence-corrected chi connectivity index (χ4v) is 2.00. The Balaban J connectivity index is 2.51. The van der Waals surface area contributed by atoms with Crippen LogP contribution in [-0.2, 0) is 9.47 Å². The third kappa shape index (κ3) is 5.28. The van der Waals surface area contributed by atoms with Crippen LogP contribution in [0.1, 0.15) is 34.1 Å². The topological polar surface area (TPSA) is 59.1 Å². The first-order valence-corrected chi connectivity index (χ1v) is 7.30. The van der Waals surface area contributed by atoms with E-state index in [2.05, 4.69) is 6.58 Å². The Bertz CT molecular complexity index is 390. The van der Waals surface area contributed by atoms with Crippen molar-refractivity contribution in [2.45, 2.75) is 45.8 Å². The number of rotatable bonds is 5. The first-order chi connectivity index (χ1) is 9.78. The zero-order valence-corrected chi connectivity index (χ0v) is 13.4. The average molecular weight is 298 g/mol. The fourth-order valence-electron chi connectivity index (χ4n) is 2.00. The van der Waals surface area contributed by atoms with Crippen LogP contribution in [0.3, 0.4) is 0 Å². The summed E-state index contributed by atoms with van der Waals surface area (Å²) in [5.41, 5.74) is -0.509. The van der Waals surface area contributed by atoms with Gasteiger partial charge in [-0.1, -0.05) is 12.7 Å². The van der Waals surface area contributed by atoms with Crippen molar-refractivity contribution in [1.29, 1.82) is 0 Å². The first kappa shape index (κ1) is 17.3. The van der Waals surface area contributed by atoms with Gasteiger partial charge in [0, 0.05) is 19.6 Å². The summed E-state index contributed by atoms with van der Waals surface area (Å²) in [4.78, 5) is 27.1. The van der Waals surface area contributed by atoms with Crippen LogP contribution in [-0.4, -0.2) is 59.9 Å². The summed E-state index contributed by atoms with van der Waals surface area (Å²) in [6.07, 6.45) is 1.69. The van der Waals surface area contributed by atoms with Gasteiger partial charge < -0.3 is 19.3 Å². The van der Waals surface area contributed by atoms with Crippen molar-refractivity contribution in [2.24, 2.45) is 0 Å². The van der Waals surface area contributed by atoms with Crippen LogP contribution in [0.4, 0.5) is 9.59 Å². The minimum atomic E-state index is -0.509.